The van der Waals surface area contributed by atoms with E-state index in [2.05, 4.69) is 24.7 Å². The molecule has 0 aliphatic carbocycles. The molecule has 1 aromatic carbocycles. The number of hydrogen-bond acceptors (Lipinski definition) is 3. The summed E-state index contributed by atoms with van der Waals surface area (Å²) in [5, 5.41) is 6.56. The number of nitrogens with one attached hydrogen (secondary N) is 3. The molecule has 1 rings (SSSR count). The molecule has 6 nitrogen and oxygen atoms in total. The lowest BCUT2D eigenvalue weighted by Gasteiger charge is -2.14. The molecule has 118 valence electrons. The first-order valence-electron chi connectivity index (χ1n) is 6.60. The molecule has 0 spiro atoms. The summed E-state index contributed by atoms with van der Waals surface area (Å²) in [5.41, 5.74) is 0.646. The van der Waals surface area contributed by atoms with Crippen molar-refractivity contribution in [2.45, 2.75) is 4.90 Å². The molecule has 0 amide bonds. The summed E-state index contributed by atoms with van der Waals surface area (Å²) in [6, 6.07) is 6.60. The van der Waals surface area contributed by atoms with E-state index in [0.29, 0.717) is 10.8 Å². The fourth-order valence-corrected chi connectivity index (χ4v) is 2.71. The number of quaternary nitrogens is 1. The standard InChI is InChI=1S/C13H22N4O2S2/c1-16(2)9-8-14-13(20)15-11-6-5-7-12(10-11)21(18,19)17(3)4/h5-7,10H,8-9H2,1-4H3,(H2,14,15,20)/p+1. The van der Waals surface area contributed by atoms with Crippen LogP contribution in [0.5, 0.6) is 0 Å². The number of nitrogens with zero attached hydrogens (tertiary/aromatic N) is 1. The molecule has 0 saturated heterocycles. The van der Waals surface area contributed by atoms with Gasteiger partial charge in [0.15, 0.2) is 5.11 Å². The molecule has 0 fully saturated rings. The van der Waals surface area contributed by atoms with Gasteiger partial charge in [0.1, 0.15) is 0 Å². The molecular formula is C13H23N4O2S2+. The predicted molar refractivity (Wildman–Crippen MR) is 89.2 cm³/mol. The SMILES string of the molecule is CN(C)S(=O)(=O)c1cccc(NC(=S)NCC[NH+](C)C)c1. The predicted octanol–water partition coefficient (Wildman–Crippen LogP) is -0.632. The highest BCUT2D eigenvalue weighted by atomic mass is 32.2. The summed E-state index contributed by atoms with van der Waals surface area (Å²) < 4.78 is 25.3. The first kappa shape index (κ1) is 17.8. The summed E-state index contributed by atoms with van der Waals surface area (Å²) in [6.07, 6.45) is 0. The van der Waals surface area contributed by atoms with Crippen LogP contribution in [0.3, 0.4) is 0 Å². The number of likely N-dealkylation sites (N-methyl/N-ethyl adjacent to an activating group) is 1. The second kappa shape index (κ2) is 7.69. The van der Waals surface area contributed by atoms with Gasteiger partial charge in [-0.2, -0.15) is 0 Å². The summed E-state index contributed by atoms with van der Waals surface area (Å²) in [5.74, 6) is 0. The van der Waals surface area contributed by atoms with E-state index >= 15 is 0 Å². The van der Waals surface area contributed by atoms with Crippen LogP contribution in [0.1, 0.15) is 0 Å². The van der Waals surface area contributed by atoms with Gasteiger partial charge in [0.25, 0.3) is 0 Å². The van der Waals surface area contributed by atoms with Crippen molar-refractivity contribution in [1.29, 1.82) is 0 Å². The number of hydrogen-bond donors (Lipinski definition) is 3. The van der Waals surface area contributed by atoms with Gasteiger partial charge in [-0.1, -0.05) is 6.07 Å². The minimum absolute atomic E-state index is 0.234. The lowest BCUT2D eigenvalue weighted by Crippen LogP contribution is -3.06. The Labute approximate surface area is 132 Å². The molecule has 21 heavy (non-hydrogen) atoms. The van der Waals surface area contributed by atoms with Crippen molar-refractivity contribution >= 4 is 33.0 Å². The largest absolute Gasteiger partial charge is 0.357 e. The zero-order valence-electron chi connectivity index (χ0n) is 12.8. The molecule has 0 unspecified atom stereocenters. The average molecular weight is 331 g/mol. The summed E-state index contributed by atoms with van der Waals surface area (Å²) in [6.45, 7) is 1.70. The molecule has 0 radical (unpaired) electrons. The van der Waals surface area contributed by atoms with Crippen molar-refractivity contribution in [3.63, 3.8) is 0 Å². The fraction of sp³-hybridized carbons (Fsp3) is 0.462. The highest BCUT2D eigenvalue weighted by Crippen LogP contribution is 2.17. The van der Waals surface area contributed by atoms with Crippen molar-refractivity contribution in [2.75, 3.05) is 46.6 Å². The number of benzene rings is 1. The lowest BCUT2D eigenvalue weighted by molar-refractivity contribution is -0.856. The van der Waals surface area contributed by atoms with Crippen LogP contribution in [-0.2, 0) is 10.0 Å². The zero-order valence-corrected chi connectivity index (χ0v) is 14.4. The molecule has 0 aromatic heterocycles. The molecule has 3 N–H and O–H groups in total. The van der Waals surface area contributed by atoms with Crippen LogP contribution in [0.4, 0.5) is 5.69 Å². The van der Waals surface area contributed by atoms with Gasteiger partial charge in [-0.3, -0.25) is 0 Å². The number of rotatable bonds is 6. The molecule has 8 heteroatoms. The molecule has 1 aromatic rings. The smallest absolute Gasteiger partial charge is 0.242 e. The third-order valence-electron chi connectivity index (χ3n) is 2.78. The highest BCUT2D eigenvalue weighted by molar-refractivity contribution is 7.89. The molecule has 0 aliphatic rings. The van der Waals surface area contributed by atoms with Crippen LogP contribution in [0.25, 0.3) is 0 Å². The summed E-state index contributed by atoms with van der Waals surface area (Å²) in [7, 11) is 3.70. The fourth-order valence-electron chi connectivity index (χ4n) is 1.55. The highest BCUT2D eigenvalue weighted by Gasteiger charge is 2.17. The monoisotopic (exact) mass is 331 g/mol. The van der Waals surface area contributed by atoms with Gasteiger partial charge in [-0.05, 0) is 30.4 Å². The minimum Gasteiger partial charge on any atom is -0.357 e. The van der Waals surface area contributed by atoms with Crippen molar-refractivity contribution < 1.29 is 13.3 Å². The van der Waals surface area contributed by atoms with Crippen LogP contribution in [0, 0.1) is 0 Å². The van der Waals surface area contributed by atoms with Crippen LogP contribution in [0.15, 0.2) is 29.2 Å². The second-order valence-electron chi connectivity index (χ2n) is 5.15. The minimum atomic E-state index is -3.44. The van der Waals surface area contributed by atoms with E-state index in [4.69, 9.17) is 12.2 Å². The van der Waals surface area contributed by atoms with Gasteiger partial charge >= 0.3 is 0 Å². The van der Waals surface area contributed by atoms with Gasteiger partial charge in [-0.15, -0.1) is 0 Å². The molecule has 0 aliphatic heterocycles. The Morgan fingerprint density at radius 3 is 2.57 bits per heavy atom. The van der Waals surface area contributed by atoms with Crippen molar-refractivity contribution in [2.24, 2.45) is 0 Å². The Morgan fingerprint density at radius 1 is 1.33 bits per heavy atom. The van der Waals surface area contributed by atoms with Crippen molar-refractivity contribution in [1.82, 2.24) is 9.62 Å². The van der Waals surface area contributed by atoms with Crippen LogP contribution < -0.4 is 15.5 Å². The Balaban J connectivity index is 2.71. The van der Waals surface area contributed by atoms with Gasteiger partial charge in [0.05, 0.1) is 32.1 Å². The summed E-state index contributed by atoms with van der Waals surface area (Å²) in [4.78, 5) is 1.56. The lowest BCUT2D eigenvalue weighted by atomic mass is 10.3. The molecule has 0 heterocycles. The van der Waals surface area contributed by atoms with Gasteiger partial charge in [-0.25, -0.2) is 12.7 Å². The second-order valence-corrected chi connectivity index (χ2v) is 7.71. The topological polar surface area (TPSA) is 65.9 Å². The van der Waals surface area contributed by atoms with Crippen LogP contribution >= 0.6 is 12.2 Å². The van der Waals surface area contributed by atoms with Gasteiger partial charge in [0, 0.05) is 19.8 Å². The Bertz CT molecular complexity index is 586. The third-order valence-corrected chi connectivity index (χ3v) is 4.84. The van der Waals surface area contributed by atoms with E-state index in [1.807, 2.05) is 0 Å². The van der Waals surface area contributed by atoms with E-state index in [-0.39, 0.29) is 4.90 Å². The average Bonchev–Trinajstić information content (AvgIpc) is 2.38. The molecule has 0 saturated carbocycles. The maximum atomic E-state index is 12.1. The van der Waals surface area contributed by atoms with Gasteiger partial charge in [0.2, 0.25) is 10.0 Å². The molecule has 0 bridgehead atoms. The van der Waals surface area contributed by atoms with E-state index in [1.54, 1.807) is 24.3 Å². The summed E-state index contributed by atoms with van der Waals surface area (Å²) >= 11 is 5.18. The van der Waals surface area contributed by atoms with E-state index in [1.165, 1.54) is 23.3 Å². The Morgan fingerprint density at radius 2 is 2.00 bits per heavy atom. The normalized spacial score (nSPS) is 11.7. The quantitative estimate of drug-likeness (QED) is 0.606. The third kappa shape index (κ3) is 5.58. The zero-order chi connectivity index (χ0) is 16.0. The molecule has 0 atom stereocenters. The van der Waals surface area contributed by atoms with E-state index in [9.17, 15) is 8.42 Å². The maximum absolute atomic E-state index is 12.1. The van der Waals surface area contributed by atoms with E-state index < -0.39 is 10.0 Å². The van der Waals surface area contributed by atoms with Crippen LogP contribution in [0.2, 0.25) is 0 Å². The first-order chi connectivity index (χ1) is 9.73. The Kier molecular flexibility index (Phi) is 6.53. The van der Waals surface area contributed by atoms with Crippen LogP contribution in [-0.4, -0.2) is 59.1 Å². The van der Waals surface area contributed by atoms with E-state index in [0.717, 1.165) is 13.1 Å². The Hall–Kier alpha value is -1.22. The number of thiocarbonyl (C=S) groups is 1. The maximum Gasteiger partial charge on any atom is 0.242 e. The first-order valence-corrected chi connectivity index (χ1v) is 8.45. The number of anilines is 1. The number of sulfonamides is 1. The van der Waals surface area contributed by atoms with Gasteiger partial charge < -0.3 is 15.5 Å². The molecular weight excluding hydrogens is 308 g/mol. The van der Waals surface area contributed by atoms with Crippen molar-refractivity contribution in [3.8, 4) is 0 Å². The van der Waals surface area contributed by atoms with Crippen molar-refractivity contribution in [3.05, 3.63) is 24.3 Å².